The van der Waals surface area contributed by atoms with Crippen molar-refractivity contribution in [1.82, 2.24) is 0 Å². The second kappa shape index (κ2) is 3.02. The van der Waals surface area contributed by atoms with Crippen LogP contribution >= 0.6 is 0 Å². The smallest absolute Gasteiger partial charge is 0.0836 e. The van der Waals surface area contributed by atoms with Gasteiger partial charge < -0.3 is 16.6 Å². The Labute approximate surface area is 49.7 Å². The van der Waals surface area contributed by atoms with E-state index in [1.807, 2.05) is 0 Å². The van der Waals surface area contributed by atoms with Crippen LogP contribution in [0.4, 0.5) is 0 Å². The number of aliphatic hydroxyl groups is 1. The highest BCUT2D eigenvalue weighted by atomic mass is 16.3. The van der Waals surface area contributed by atoms with E-state index in [0.29, 0.717) is 0 Å². The van der Waals surface area contributed by atoms with Crippen LogP contribution in [0.3, 0.4) is 0 Å². The van der Waals surface area contributed by atoms with E-state index in [2.05, 4.69) is 0 Å². The van der Waals surface area contributed by atoms with Crippen LogP contribution in [-0.4, -0.2) is 23.3 Å². The highest BCUT2D eigenvalue weighted by molar-refractivity contribution is 4.73. The molecule has 3 nitrogen and oxygen atoms in total. The van der Waals surface area contributed by atoms with Crippen LogP contribution in [0, 0.1) is 0 Å². The average molecular weight is 118 g/mol. The quantitative estimate of drug-likeness (QED) is 0.437. The Morgan fingerprint density at radius 1 is 1.12 bits per heavy atom. The highest BCUT2D eigenvalue weighted by Crippen LogP contribution is 1.91. The number of hydrogen-bond acceptors (Lipinski definition) is 3. The molecule has 0 aromatic heterocycles. The minimum atomic E-state index is -0.574. The van der Waals surface area contributed by atoms with Gasteiger partial charge in [0.05, 0.1) is 6.10 Å². The first-order chi connectivity index (χ1) is 3.55. The maximum absolute atomic E-state index is 8.95. The Morgan fingerprint density at radius 3 is 1.38 bits per heavy atom. The first-order valence-corrected chi connectivity index (χ1v) is 2.75. The van der Waals surface area contributed by atoms with Gasteiger partial charge in [-0.1, -0.05) is 0 Å². The zero-order chi connectivity index (χ0) is 6.73. The Morgan fingerprint density at radius 2 is 1.38 bits per heavy atom. The van der Waals surface area contributed by atoms with Gasteiger partial charge in [0.2, 0.25) is 0 Å². The van der Waals surface area contributed by atoms with Gasteiger partial charge in [0, 0.05) is 12.1 Å². The lowest BCUT2D eigenvalue weighted by atomic mass is 10.1. The van der Waals surface area contributed by atoms with Gasteiger partial charge in [0.1, 0.15) is 0 Å². The van der Waals surface area contributed by atoms with Crippen molar-refractivity contribution in [3.63, 3.8) is 0 Å². The summed E-state index contributed by atoms with van der Waals surface area (Å²) in [6.45, 7) is 3.46. The number of nitrogens with two attached hydrogens (primary N) is 2. The van der Waals surface area contributed by atoms with Crippen molar-refractivity contribution in [2.24, 2.45) is 11.5 Å². The van der Waals surface area contributed by atoms with Crippen molar-refractivity contribution >= 4 is 0 Å². The summed E-state index contributed by atoms with van der Waals surface area (Å²) in [6.07, 6.45) is -0.574. The molecular weight excluding hydrogens is 104 g/mol. The molecule has 2 atom stereocenters. The topological polar surface area (TPSA) is 72.3 Å². The van der Waals surface area contributed by atoms with Gasteiger partial charge >= 0.3 is 0 Å². The molecule has 0 bridgehead atoms. The molecule has 0 rings (SSSR count). The van der Waals surface area contributed by atoms with Crippen LogP contribution in [0.5, 0.6) is 0 Å². The largest absolute Gasteiger partial charge is 0.390 e. The van der Waals surface area contributed by atoms with Crippen molar-refractivity contribution in [3.8, 4) is 0 Å². The molecule has 0 fully saturated rings. The monoisotopic (exact) mass is 118 g/mol. The molecule has 0 saturated heterocycles. The summed E-state index contributed by atoms with van der Waals surface area (Å²) in [5, 5.41) is 8.95. The number of hydrogen-bond donors (Lipinski definition) is 3. The molecule has 2 unspecified atom stereocenters. The van der Waals surface area contributed by atoms with Gasteiger partial charge in [0.15, 0.2) is 0 Å². The van der Waals surface area contributed by atoms with Crippen LogP contribution in [0.2, 0.25) is 0 Å². The summed E-state index contributed by atoms with van der Waals surface area (Å²) in [5.74, 6) is 0. The third kappa shape index (κ3) is 2.26. The maximum Gasteiger partial charge on any atom is 0.0836 e. The zero-order valence-electron chi connectivity index (χ0n) is 5.33. The Hall–Kier alpha value is -0.120. The van der Waals surface area contributed by atoms with Crippen molar-refractivity contribution in [2.75, 3.05) is 0 Å². The average Bonchev–Trinajstić information content (AvgIpc) is 1.64. The van der Waals surface area contributed by atoms with Crippen molar-refractivity contribution in [1.29, 1.82) is 0 Å². The first kappa shape index (κ1) is 7.88. The van der Waals surface area contributed by atoms with Crippen LogP contribution in [0.1, 0.15) is 13.8 Å². The van der Waals surface area contributed by atoms with E-state index in [0.717, 1.165) is 0 Å². The van der Waals surface area contributed by atoms with Gasteiger partial charge in [-0.2, -0.15) is 0 Å². The van der Waals surface area contributed by atoms with Gasteiger partial charge in [0.25, 0.3) is 0 Å². The summed E-state index contributed by atoms with van der Waals surface area (Å²) in [4.78, 5) is 0. The Balaban J connectivity index is 3.46. The minimum Gasteiger partial charge on any atom is -0.390 e. The van der Waals surface area contributed by atoms with E-state index in [-0.39, 0.29) is 12.1 Å². The summed E-state index contributed by atoms with van der Waals surface area (Å²) >= 11 is 0. The molecule has 0 aromatic carbocycles. The predicted octanol–water partition coefficient (Wildman–Crippen LogP) is -0.958. The molecule has 0 radical (unpaired) electrons. The molecule has 8 heavy (non-hydrogen) atoms. The lowest BCUT2D eigenvalue weighted by Crippen LogP contribution is -2.43. The first-order valence-electron chi connectivity index (χ1n) is 2.75. The fourth-order valence-corrected chi connectivity index (χ4v) is 0.479. The molecule has 3 heteroatoms. The van der Waals surface area contributed by atoms with Gasteiger partial charge in [-0.25, -0.2) is 0 Å². The van der Waals surface area contributed by atoms with Crippen molar-refractivity contribution in [3.05, 3.63) is 0 Å². The van der Waals surface area contributed by atoms with E-state index in [1.54, 1.807) is 13.8 Å². The highest BCUT2D eigenvalue weighted by Gasteiger charge is 2.12. The summed E-state index contributed by atoms with van der Waals surface area (Å²) < 4.78 is 0. The summed E-state index contributed by atoms with van der Waals surface area (Å²) in [5.41, 5.74) is 10.6. The summed E-state index contributed by atoms with van der Waals surface area (Å²) in [6, 6.07) is -0.454. The van der Waals surface area contributed by atoms with Crippen LogP contribution in [-0.2, 0) is 0 Å². The lowest BCUT2D eigenvalue weighted by Gasteiger charge is -2.17. The zero-order valence-corrected chi connectivity index (χ0v) is 5.33. The number of aliphatic hydroxyl groups excluding tert-OH is 1. The van der Waals surface area contributed by atoms with Crippen LogP contribution in [0.15, 0.2) is 0 Å². The maximum atomic E-state index is 8.95. The molecule has 0 aromatic rings. The van der Waals surface area contributed by atoms with Gasteiger partial charge in [-0.3, -0.25) is 0 Å². The Bertz CT molecular complexity index is 55.4. The molecule has 0 amide bonds. The Kier molecular flexibility index (Phi) is 2.97. The molecule has 5 N–H and O–H groups in total. The van der Waals surface area contributed by atoms with E-state index in [9.17, 15) is 0 Å². The molecule has 0 heterocycles. The lowest BCUT2D eigenvalue weighted by molar-refractivity contribution is 0.128. The number of rotatable bonds is 2. The SMILES string of the molecule is CC(N)C(O)C(C)N. The van der Waals surface area contributed by atoms with Gasteiger partial charge in [-0.05, 0) is 13.8 Å². The van der Waals surface area contributed by atoms with Crippen LogP contribution < -0.4 is 11.5 Å². The standard InChI is InChI=1S/C5H14N2O/c1-3(6)5(8)4(2)7/h3-5,8H,6-7H2,1-2H3. The predicted molar refractivity (Wildman–Crippen MR) is 33.3 cm³/mol. The molecule has 0 aliphatic heterocycles. The van der Waals surface area contributed by atoms with E-state index in [4.69, 9.17) is 16.6 Å². The van der Waals surface area contributed by atoms with Crippen molar-refractivity contribution < 1.29 is 5.11 Å². The second-order valence-electron chi connectivity index (χ2n) is 2.21. The molecule has 0 spiro atoms. The fraction of sp³-hybridized carbons (Fsp3) is 1.00. The molecule has 0 saturated carbocycles. The second-order valence-corrected chi connectivity index (χ2v) is 2.21. The van der Waals surface area contributed by atoms with Crippen LogP contribution in [0.25, 0.3) is 0 Å². The van der Waals surface area contributed by atoms with E-state index >= 15 is 0 Å². The normalized spacial score (nSPS) is 22.1. The molecule has 0 aliphatic carbocycles. The van der Waals surface area contributed by atoms with Gasteiger partial charge in [-0.15, -0.1) is 0 Å². The van der Waals surface area contributed by atoms with Crippen molar-refractivity contribution in [2.45, 2.75) is 32.0 Å². The minimum absolute atomic E-state index is 0.227. The van der Waals surface area contributed by atoms with E-state index in [1.165, 1.54) is 0 Å². The molecule has 50 valence electrons. The molecular formula is C5H14N2O. The third-order valence-electron chi connectivity index (χ3n) is 1.08. The summed E-state index contributed by atoms with van der Waals surface area (Å²) in [7, 11) is 0. The third-order valence-corrected chi connectivity index (χ3v) is 1.08. The molecule has 0 aliphatic rings. The van der Waals surface area contributed by atoms with E-state index < -0.39 is 6.10 Å². The fourth-order valence-electron chi connectivity index (χ4n) is 0.479.